The molecule has 0 unspecified atom stereocenters. The van der Waals surface area contributed by atoms with Crippen LogP contribution >= 0.6 is 46.4 Å². The molecule has 0 aliphatic heterocycles. The molecule has 0 spiro atoms. The lowest BCUT2D eigenvalue weighted by Gasteiger charge is -2.09. The van der Waals surface area contributed by atoms with Crippen molar-refractivity contribution in [1.82, 2.24) is 19.7 Å². The number of carbonyl (C=O) groups is 1. The van der Waals surface area contributed by atoms with Gasteiger partial charge in [0.1, 0.15) is 4.90 Å². The maximum absolute atomic E-state index is 12.6. The minimum absolute atomic E-state index is 0.0278. The minimum atomic E-state index is -4.34. The lowest BCUT2D eigenvalue weighted by atomic mass is 10.2. The molecule has 29 heavy (non-hydrogen) atoms. The lowest BCUT2D eigenvalue weighted by Crippen LogP contribution is -2.31. The molecule has 1 N–H and O–H groups in total. The average molecular weight is 494 g/mol. The molecule has 0 aliphatic carbocycles. The van der Waals surface area contributed by atoms with Gasteiger partial charge in [-0.1, -0.05) is 57.7 Å². The Balaban J connectivity index is 1.94. The highest BCUT2D eigenvalue weighted by Gasteiger charge is 2.26. The van der Waals surface area contributed by atoms with Gasteiger partial charge >= 0.3 is 0 Å². The zero-order valence-electron chi connectivity index (χ0n) is 14.9. The van der Waals surface area contributed by atoms with E-state index < -0.39 is 20.8 Å². The predicted octanol–water partition coefficient (Wildman–Crippen LogP) is 4.62. The molecule has 1 aromatic heterocycles. The number of carbonyl (C=O) groups excluding carboxylic acids is 1. The van der Waals surface area contributed by atoms with Gasteiger partial charge in [-0.3, -0.25) is 4.79 Å². The van der Waals surface area contributed by atoms with E-state index in [-0.39, 0.29) is 20.8 Å². The van der Waals surface area contributed by atoms with Crippen LogP contribution in [0, 0.1) is 13.8 Å². The smallest absolute Gasteiger partial charge is 0.266 e. The summed E-state index contributed by atoms with van der Waals surface area (Å²) in [6, 6.07) is 7.49. The summed E-state index contributed by atoms with van der Waals surface area (Å²) in [6.07, 6.45) is 0. The number of rotatable bonds is 4. The molecule has 7 nitrogen and oxygen atoms in total. The van der Waals surface area contributed by atoms with E-state index >= 15 is 0 Å². The number of nitrogens with zero attached hydrogens (tertiary/aromatic N) is 3. The van der Waals surface area contributed by atoms with E-state index in [2.05, 4.69) is 10.3 Å². The van der Waals surface area contributed by atoms with Gasteiger partial charge in [0.15, 0.2) is 5.69 Å². The Morgan fingerprint density at radius 3 is 2.28 bits per heavy atom. The van der Waals surface area contributed by atoms with E-state index in [9.17, 15) is 13.2 Å². The Kier molecular flexibility index (Phi) is 6.12. The number of aromatic nitrogens is 3. The fourth-order valence-electron chi connectivity index (χ4n) is 2.49. The first-order valence-electron chi connectivity index (χ1n) is 7.92. The third-order valence-corrected chi connectivity index (χ3v) is 6.75. The van der Waals surface area contributed by atoms with Crippen molar-refractivity contribution in [3.05, 3.63) is 67.4 Å². The third kappa shape index (κ3) is 4.36. The molecule has 0 radical (unpaired) electrons. The molecule has 2 aromatic carbocycles. The SMILES string of the molecule is Cc1ccc(-n2nnc(C(=O)NS(=O)(=O)c3cc(Cl)c(Cl)cc3Cl)c2C)c(Cl)c1. The van der Waals surface area contributed by atoms with Crippen molar-refractivity contribution >= 4 is 62.3 Å². The highest BCUT2D eigenvalue weighted by Crippen LogP contribution is 2.31. The van der Waals surface area contributed by atoms with Crippen molar-refractivity contribution < 1.29 is 13.2 Å². The topological polar surface area (TPSA) is 93.9 Å². The van der Waals surface area contributed by atoms with Crippen LogP contribution in [0.4, 0.5) is 0 Å². The highest BCUT2D eigenvalue weighted by molar-refractivity contribution is 7.90. The molecule has 0 aliphatic rings. The Morgan fingerprint density at radius 2 is 1.62 bits per heavy atom. The van der Waals surface area contributed by atoms with Gasteiger partial charge in [0.2, 0.25) is 0 Å². The number of sulfonamides is 1. The van der Waals surface area contributed by atoms with Crippen molar-refractivity contribution in [3.8, 4) is 5.69 Å². The highest BCUT2D eigenvalue weighted by atomic mass is 35.5. The van der Waals surface area contributed by atoms with E-state index in [4.69, 9.17) is 46.4 Å². The van der Waals surface area contributed by atoms with Crippen molar-refractivity contribution in [2.75, 3.05) is 0 Å². The normalized spacial score (nSPS) is 11.5. The number of hydrogen-bond acceptors (Lipinski definition) is 5. The van der Waals surface area contributed by atoms with Crippen molar-refractivity contribution in [3.63, 3.8) is 0 Å². The molecule has 0 saturated carbocycles. The minimum Gasteiger partial charge on any atom is -0.266 e. The van der Waals surface area contributed by atoms with E-state index in [0.29, 0.717) is 16.4 Å². The maximum Gasteiger partial charge on any atom is 0.287 e. The third-order valence-electron chi connectivity index (χ3n) is 3.93. The molecule has 1 heterocycles. The number of halogens is 4. The van der Waals surface area contributed by atoms with E-state index in [1.54, 1.807) is 19.1 Å². The summed E-state index contributed by atoms with van der Waals surface area (Å²) in [5.41, 5.74) is 1.54. The Bertz CT molecular complexity index is 1240. The Hall–Kier alpha value is -1.84. The summed E-state index contributed by atoms with van der Waals surface area (Å²) in [4.78, 5) is 12.2. The van der Waals surface area contributed by atoms with Gasteiger partial charge < -0.3 is 0 Å². The summed E-state index contributed by atoms with van der Waals surface area (Å²) in [7, 11) is -4.34. The molecule has 0 bridgehead atoms. The van der Waals surface area contributed by atoms with Gasteiger partial charge in [0, 0.05) is 0 Å². The fraction of sp³-hybridized carbons (Fsp3) is 0.118. The van der Waals surface area contributed by atoms with Crippen LogP contribution in [0.15, 0.2) is 35.2 Å². The second-order valence-electron chi connectivity index (χ2n) is 6.02. The maximum atomic E-state index is 12.6. The quantitative estimate of drug-likeness (QED) is 0.535. The largest absolute Gasteiger partial charge is 0.287 e. The standard InChI is InChI=1S/C17H12Cl4N4O3S/c1-8-3-4-14(12(20)5-8)25-9(2)16(22-24-25)17(26)23-29(27,28)15-7-11(19)10(18)6-13(15)21/h3-7H,1-2H3,(H,23,26). The zero-order chi connectivity index (χ0) is 21.5. The van der Waals surface area contributed by atoms with Gasteiger partial charge in [0.05, 0.1) is 31.5 Å². The van der Waals surface area contributed by atoms with Gasteiger partial charge in [-0.15, -0.1) is 5.10 Å². The van der Waals surface area contributed by atoms with E-state index in [1.165, 1.54) is 10.7 Å². The van der Waals surface area contributed by atoms with E-state index in [0.717, 1.165) is 11.6 Å². The average Bonchev–Trinajstić information content (AvgIpc) is 2.99. The molecule has 3 aromatic rings. The summed E-state index contributed by atoms with van der Waals surface area (Å²) < 4.78 is 28.4. The molecule has 0 atom stereocenters. The van der Waals surface area contributed by atoms with Crippen LogP contribution in [0.2, 0.25) is 20.1 Å². The molecule has 0 fully saturated rings. The van der Waals surface area contributed by atoms with Gasteiger partial charge in [-0.2, -0.15) is 0 Å². The van der Waals surface area contributed by atoms with Crippen LogP contribution in [0.25, 0.3) is 5.69 Å². The first-order valence-corrected chi connectivity index (χ1v) is 10.9. The monoisotopic (exact) mass is 492 g/mol. The van der Waals surface area contributed by atoms with E-state index in [1.807, 2.05) is 17.7 Å². The lowest BCUT2D eigenvalue weighted by molar-refractivity contribution is 0.0976. The molecular weight excluding hydrogens is 482 g/mol. The second-order valence-corrected chi connectivity index (χ2v) is 9.30. The molecule has 1 amide bonds. The predicted molar refractivity (Wildman–Crippen MR) is 112 cm³/mol. The van der Waals surface area contributed by atoms with Crippen LogP contribution in [0.5, 0.6) is 0 Å². The second kappa shape index (κ2) is 8.12. The first kappa shape index (κ1) is 21.9. The summed E-state index contributed by atoms with van der Waals surface area (Å²) >= 11 is 23.8. The Morgan fingerprint density at radius 1 is 0.966 bits per heavy atom. The first-order chi connectivity index (χ1) is 13.5. The van der Waals surface area contributed by atoms with Crippen LogP contribution in [0.1, 0.15) is 21.7 Å². The molecule has 12 heteroatoms. The van der Waals surface area contributed by atoms with Crippen molar-refractivity contribution in [2.24, 2.45) is 0 Å². The van der Waals surface area contributed by atoms with Crippen LogP contribution in [-0.2, 0) is 10.0 Å². The molecule has 3 rings (SSSR count). The zero-order valence-corrected chi connectivity index (χ0v) is 18.7. The number of amides is 1. The number of benzene rings is 2. The number of aryl methyl sites for hydroxylation is 1. The molecule has 0 saturated heterocycles. The number of nitrogens with one attached hydrogen (secondary N) is 1. The van der Waals surface area contributed by atoms with Crippen molar-refractivity contribution in [1.29, 1.82) is 0 Å². The van der Waals surface area contributed by atoms with Crippen LogP contribution in [0.3, 0.4) is 0 Å². The van der Waals surface area contributed by atoms with Crippen LogP contribution in [-0.4, -0.2) is 29.3 Å². The molecule has 152 valence electrons. The van der Waals surface area contributed by atoms with Crippen molar-refractivity contribution in [2.45, 2.75) is 18.7 Å². The number of hydrogen-bond donors (Lipinski definition) is 1. The van der Waals surface area contributed by atoms with Gasteiger partial charge in [-0.25, -0.2) is 17.8 Å². The summed E-state index contributed by atoms with van der Waals surface area (Å²) in [6.45, 7) is 3.44. The van der Waals surface area contributed by atoms with Gasteiger partial charge in [-0.05, 0) is 43.7 Å². The van der Waals surface area contributed by atoms with Gasteiger partial charge in [0.25, 0.3) is 15.9 Å². The summed E-state index contributed by atoms with van der Waals surface area (Å²) in [5.74, 6) is -0.987. The Labute approximate surface area is 186 Å². The van der Waals surface area contributed by atoms with Crippen LogP contribution < -0.4 is 4.72 Å². The molecular formula is C17H12Cl4N4O3S. The summed E-state index contributed by atoms with van der Waals surface area (Å²) in [5, 5.41) is 7.96. The fourth-order valence-corrected chi connectivity index (χ4v) is 4.76.